The fourth-order valence-electron chi connectivity index (χ4n) is 1.60. The molecule has 0 aliphatic heterocycles. The quantitative estimate of drug-likeness (QED) is 0.803. The van der Waals surface area contributed by atoms with Gasteiger partial charge in [-0.1, -0.05) is 28.1 Å². The van der Waals surface area contributed by atoms with Crippen LogP contribution < -0.4 is 11.1 Å². The van der Waals surface area contributed by atoms with E-state index in [-0.39, 0.29) is 26.4 Å². The van der Waals surface area contributed by atoms with Crippen LogP contribution in [0.2, 0.25) is 0 Å². The molecular formula is C13H8BrF3N2S. The maximum Gasteiger partial charge on any atom is 0.150 e. The van der Waals surface area contributed by atoms with E-state index in [0.29, 0.717) is 0 Å². The number of hydrogen-bond acceptors (Lipinski definition) is 2. The minimum Gasteiger partial charge on any atom is -0.389 e. The van der Waals surface area contributed by atoms with E-state index in [1.54, 1.807) is 0 Å². The van der Waals surface area contributed by atoms with Crippen LogP contribution in [0.3, 0.4) is 0 Å². The monoisotopic (exact) mass is 360 g/mol. The van der Waals surface area contributed by atoms with Crippen molar-refractivity contribution in [3.05, 3.63) is 57.8 Å². The van der Waals surface area contributed by atoms with Gasteiger partial charge in [-0.05, 0) is 30.3 Å². The van der Waals surface area contributed by atoms with Crippen LogP contribution in [0.15, 0.2) is 34.8 Å². The second-order valence-electron chi connectivity index (χ2n) is 3.93. The molecule has 0 saturated heterocycles. The summed E-state index contributed by atoms with van der Waals surface area (Å²) in [6.07, 6.45) is 0. The number of hydrogen-bond donors (Lipinski definition) is 2. The largest absolute Gasteiger partial charge is 0.389 e. The summed E-state index contributed by atoms with van der Waals surface area (Å²) < 4.78 is 41.2. The number of nitrogens with one attached hydrogen (secondary N) is 1. The molecule has 2 nitrogen and oxygen atoms in total. The molecule has 0 spiro atoms. The third-order valence-electron chi connectivity index (χ3n) is 2.51. The molecule has 2 aromatic rings. The second kappa shape index (κ2) is 5.80. The molecule has 0 aliphatic rings. The van der Waals surface area contributed by atoms with Gasteiger partial charge in [0, 0.05) is 15.7 Å². The SMILES string of the molecule is NC(=S)c1ccc(Nc2c(F)cc(Br)cc2F)cc1F. The number of thiocarbonyl (C=S) groups is 1. The Balaban J connectivity index is 2.36. The molecule has 0 saturated carbocycles. The average molecular weight is 361 g/mol. The van der Waals surface area contributed by atoms with Gasteiger partial charge in [-0.25, -0.2) is 13.2 Å². The van der Waals surface area contributed by atoms with E-state index in [1.807, 2.05) is 0 Å². The van der Waals surface area contributed by atoms with Crippen molar-refractivity contribution in [2.75, 3.05) is 5.32 Å². The maximum absolute atomic E-state index is 13.7. The molecule has 2 aromatic carbocycles. The van der Waals surface area contributed by atoms with Crippen LogP contribution in [0.1, 0.15) is 5.56 Å². The van der Waals surface area contributed by atoms with E-state index in [0.717, 1.165) is 18.2 Å². The molecule has 2 rings (SSSR count). The van der Waals surface area contributed by atoms with Gasteiger partial charge in [-0.15, -0.1) is 0 Å². The van der Waals surface area contributed by atoms with Crippen molar-refractivity contribution in [2.45, 2.75) is 0 Å². The Morgan fingerprint density at radius 3 is 2.15 bits per heavy atom. The standard InChI is InChI=1S/C13H8BrF3N2S/c14-6-3-10(16)12(11(17)4-6)19-7-1-2-8(13(18)20)9(15)5-7/h1-5,19H,(H2,18,20). The highest BCUT2D eigenvalue weighted by atomic mass is 79.9. The van der Waals surface area contributed by atoms with Crippen LogP contribution in [-0.4, -0.2) is 4.99 Å². The Morgan fingerprint density at radius 2 is 1.65 bits per heavy atom. The lowest BCUT2D eigenvalue weighted by Crippen LogP contribution is -2.11. The fourth-order valence-corrected chi connectivity index (χ4v) is 2.17. The number of benzene rings is 2. The first-order valence-corrected chi connectivity index (χ1v) is 6.59. The first-order valence-electron chi connectivity index (χ1n) is 5.39. The predicted molar refractivity (Wildman–Crippen MR) is 79.6 cm³/mol. The Bertz CT molecular complexity index is 668. The molecule has 0 aromatic heterocycles. The van der Waals surface area contributed by atoms with Crippen LogP contribution in [0, 0.1) is 17.5 Å². The highest BCUT2D eigenvalue weighted by Crippen LogP contribution is 2.27. The van der Waals surface area contributed by atoms with Crippen molar-refractivity contribution in [1.29, 1.82) is 0 Å². The summed E-state index contributed by atoms with van der Waals surface area (Å²) in [6.45, 7) is 0. The Hall–Kier alpha value is -1.60. The molecule has 0 amide bonds. The van der Waals surface area contributed by atoms with E-state index in [2.05, 4.69) is 33.5 Å². The third kappa shape index (κ3) is 3.10. The molecule has 0 bridgehead atoms. The van der Waals surface area contributed by atoms with Crippen molar-refractivity contribution in [1.82, 2.24) is 0 Å². The molecular weight excluding hydrogens is 353 g/mol. The third-order valence-corrected chi connectivity index (χ3v) is 3.19. The Kier molecular flexibility index (Phi) is 4.29. The summed E-state index contributed by atoms with van der Waals surface area (Å²) in [5, 5.41) is 2.48. The average Bonchev–Trinajstić information content (AvgIpc) is 2.33. The lowest BCUT2D eigenvalue weighted by atomic mass is 10.2. The lowest BCUT2D eigenvalue weighted by molar-refractivity contribution is 0.589. The minimum atomic E-state index is -0.796. The summed E-state index contributed by atoms with van der Waals surface area (Å²) >= 11 is 7.64. The second-order valence-corrected chi connectivity index (χ2v) is 5.28. The molecule has 0 aliphatic carbocycles. The summed E-state index contributed by atoms with van der Waals surface area (Å²) in [7, 11) is 0. The predicted octanol–water partition coefficient (Wildman–Crippen LogP) is 4.24. The van der Waals surface area contributed by atoms with Crippen molar-refractivity contribution >= 4 is 44.5 Å². The van der Waals surface area contributed by atoms with Gasteiger partial charge in [0.2, 0.25) is 0 Å². The minimum absolute atomic E-state index is 0.0716. The van der Waals surface area contributed by atoms with Crippen LogP contribution >= 0.6 is 28.1 Å². The normalized spacial score (nSPS) is 10.4. The zero-order chi connectivity index (χ0) is 14.9. The number of halogens is 4. The van der Waals surface area contributed by atoms with Crippen molar-refractivity contribution in [2.24, 2.45) is 5.73 Å². The molecule has 0 atom stereocenters. The van der Waals surface area contributed by atoms with E-state index >= 15 is 0 Å². The van der Waals surface area contributed by atoms with Crippen molar-refractivity contribution < 1.29 is 13.2 Å². The van der Waals surface area contributed by atoms with Crippen LogP contribution in [0.25, 0.3) is 0 Å². The van der Waals surface area contributed by atoms with Gasteiger partial charge in [-0.3, -0.25) is 0 Å². The molecule has 7 heteroatoms. The summed E-state index contributed by atoms with van der Waals surface area (Å²) in [4.78, 5) is -0.0879. The highest BCUT2D eigenvalue weighted by molar-refractivity contribution is 9.10. The van der Waals surface area contributed by atoms with Gasteiger partial charge in [0.25, 0.3) is 0 Å². The van der Waals surface area contributed by atoms with E-state index in [9.17, 15) is 13.2 Å². The van der Waals surface area contributed by atoms with Crippen molar-refractivity contribution in [3.63, 3.8) is 0 Å². The zero-order valence-electron chi connectivity index (χ0n) is 9.88. The summed E-state index contributed by atoms with van der Waals surface area (Å²) in [6, 6.07) is 6.04. The van der Waals surface area contributed by atoms with E-state index < -0.39 is 17.5 Å². The number of anilines is 2. The maximum atomic E-state index is 13.7. The van der Waals surface area contributed by atoms with Crippen LogP contribution in [0.5, 0.6) is 0 Å². The van der Waals surface area contributed by atoms with Gasteiger partial charge < -0.3 is 11.1 Å². The molecule has 0 heterocycles. The summed E-state index contributed by atoms with van der Waals surface area (Å²) in [5.41, 5.74) is 5.22. The zero-order valence-corrected chi connectivity index (χ0v) is 12.3. The van der Waals surface area contributed by atoms with Gasteiger partial charge in [-0.2, -0.15) is 0 Å². The fraction of sp³-hybridized carbons (Fsp3) is 0. The molecule has 20 heavy (non-hydrogen) atoms. The molecule has 0 radical (unpaired) electrons. The molecule has 3 N–H and O–H groups in total. The van der Waals surface area contributed by atoms with Gasteiger partial charge >= 0.3 is 0 Å². The Morgan fingerprint density at radius 1 is 1.05 bits per heavy atom. The Labute approximate surface area is 126 Å². The number of nitrogens with two attached hydrogens (primary N) is 1. The van der Waals surface area contributed by atoms with Gasteiger partial charge in [0.15, 0.2) is 11.6 Å². The first-order chi connectivity index (χ1) is 9.38. The summed E-state index contributed by atoms with van der Waals surface area (Å²) in [5.74, 6) is -2.26. The van der Waals surface area contributed by atoms with Crippen LogP contribution in [0.4, 0.5) is 24.5 Å². The van der Waals surface area contributed by atoms with Crippen molar-refractivity contribution in [3.8, 4) is 0 Å². The topological polar surface area (TPSA) is 38.0 Å². The van der Waals surface area contributed by atoms with Crippen LogP contribution in [-0.2, 0) is 0 Å². The van der Waals surface area contributed by atoms with Gasteiger partial charge in [0.05, 0.1) is 0 Å². The van der Waals surface area contributed by atoms with Gasteiger partial charge in [0.1, 0.15) is 16.5 Å². The first kappa shape index (κ1) is 14.8. The molecule has 0 unspecified atom stereocenters. The lowest BCUT2D eigenvalue weighted by Gasteiger charge is -2.10. The smallest absolute Gasteiger partial charge is 0.150 e. The molecule has 104 valence electrons. The molecule has 0 fully saturated rings. The highest BCUT2D eigenvalue weighted by Gasteiger charge is 2.12. The van der Waals surface area contributed by atoms with E-state index in [1.165, 1.54) is 12.1 Å². The number of rotatable bonds is 3. The van der Waals surface area contributed by atoms with E-state index in [4.69, 9.17) is 5.73 Å².